The number of benzene rings is 1. The van der Waals surface area contributed by atoms with Crippen LogP contribution in [0.5, 0.6) is 0 Å². The first-order chi connectivity index (χ1) is 15.8. The number of furan rings is 1. The van der Waals surface area contributed by atoms with Crippen molar-refractivity contribution in [2.24, 2.45) is 5.92 Å². The lowest BCUT2D eigenvalue weighted by atomic mass is 10.0. The lowest BCUT2D eigenvalue weighted by Gasteiger charge is -2.32. The molecule has 0 aliphatic carbocycles. The fourth-order valence-corrected chi connectivity index (χ4v) is 3.90. The van der Waals surface area contributed by atoms with Crippen LogP contribution in [0.3, 0.4) is 0 Å². The maximum atomic E-state index is 13.4. The predicted octanol–water partition coefficient (Wildman–Crippen LogP) is 5.48. The fourth-order valence-electron chi connectivity index (χ4n) is 3.74. The second-order valence-corrected chi connectivity index (χ2v) is 8.47. The molecule has 0 spiro atoms. The van der Waals surface area contributed by atoms with E-state index < -0.39 is 11.9 Å². The number of aromatic nitrogens is 2. The molecule has 2 N–H and O–H groups in total. The zero-order valence-corrected chi connectivity index (χ0v) is 18.8. The van der Waals surface area contributed by atoms with Crippen molar-refractivity contribution < 1.29 is 17.6 Å². The van der Waals surface area contributed by atoms with Gasteiger partial charge in [0.2, 0.25) is 5.95 Å². The molecule has 2 aromatic heterocycles. The van der Waals surface area contributed by atoms with Gasteiger partial charge in [-0.1, -0.05) is 37.3 Å². The zero-order valence-electron chi connectivity index (χ0n) is 18.0. The van der Waals surface area contributed by atoms with Crippen LogP contribution < -0.4 is 15.5 Å². The van der Waals surface area contributed by atoms with Gasteiger partial charge in [0.1, 0.15) is 17.3 Å². The summed E-state index contributed by atoms with van der Waals surface area (Å²) in [4.78, 5) is 9.79. The number of hydrogen-bond donors (Lipinski definition) is 2. The number of anilines is 2. The molecule has 0 bridgehead atoms. The summed E-state index contributed by atoms with van der Waals surface area (Å²) in [6.07, 6.45) is -2.64. The minimum absolute atomic E-state index is 0.102. The number of thiocarbonyl (C=S) groups is 1. The van der Waals surface area contributed by atoms with Gasteiger partial charge in [-0.3, -0.25) is 0 Å². The average Bonchev–Trinajstić information content (AvgIpc) is 3.27. The van der Waals surface area contributed by atoms with Crippen molar-refractivity contribution in [3.63, 3.8) is 0 Å². The average molecular weight is 476 g/mol. The van der Waals surface area contributed by atoms with Crippen molar-refractivity contribution >= 4 is 29.1 Å². The van der Waals surface area contributed by atoms with E-state index in [1.165, 1.54) is 0 Å². The predicted molar refractivity (Wildman–Crippen MR) is 125 cm³/mol. The standard InChI is InChI=1S/C23H24F3N5OS/c1-15-6-5-11-31(14-15)20-12-19(23(24,25)26)28-21(29-20)30-22(33)27-13-17-9-10-18(32-17)16-7-3-2-4-8-16/h2-4,7-10,12,15H,5-6,11,13-14H2,1H3,(H2,27,28,29,30,33)/t15-/m1/s1. The lowest BCUT2D eigenvalue weighted by Crippen LogP contribution is -2.35. The van der Waals surface area contributed by atoms with Gasteiger partial charge >= 0.3 is 6.18 Å². The molecule has 1 aliphatic heterocycles. The first-order valence-electron chi connectivity index (χ1n) is 10.7. The third-order valence-corrected chi connectivity index (χ3v) is 5.60. The summed E-state index contributed by atoms with van der Waals surface area (Å²) in [6.45, 7) is 3.64. The Kier molecular flexibility index (Phi) is 6.83. The fraction of sp³-hybridized carbons (Fsp3) is 0.348. The number of hydrogen-bond acceptors (Lipinski definition) is 5. The Morgan fingerprint density at radius 2 is 1.97 bits per heavy atom. The van der Waals surface area contributed by atoms with Crippen molar-refractivity contribution in [2.45, 2.75) is 32.5 Å². The molecule has 0 radical (unpaired) electrons. The zero-order chi connectivity index (χ0) is 23.4. The van der Waals surface area contributed by atoms with E-state index in [4.69, 9.17) is 16.6 Å². The Labute approximate surface area is 195 Å². The molecule has 1 fully saturated rings. The second kappa shape index (κ2) is 9.78. The van der Waals surface area contributed by atoms with Crippen molar-refractivity contribution in [3.8, 4) is 11.3 Å². The highest BCUT2D eigenvalue weighted by Crippen LogP contribution is 2.32. The van der Waals surface area contributed by atoms with Crippen molar-refractivity contribution in [1.82, 2.24) is 15.3 Å². The summed E-state index contributed by atoms with van der Waals surface area (Å²) >= 11 is 5.25. The van der Waals surface area contributed by atoms with Gasteiger partial charge in [0.25, 0.3) is 0 Å². The molecule has 33 heavy (non-hydrogen) atoms. The number of nitrogens with one attached hydrogen (secondary N) is 2. The van der Waals surface area contributed by atoms with E-state index in [0.29, 0.717) is 30.5 Å². The molecule has 6 nitrogen and oxygen atoms in total. The van der Waals surface area contributed by atoms with Gasteiger partial charge in [0, 0.05) is 24.7 Å². The Morgan fingerprint density at radius 1 is 1.18 bits per heavy atom. The third kappa shape index (κ3) is 6.01. The summed E-state index contributed by atoms with van der Waals surface area (Å²) in [5.74, 6) is 1.78. The highest BCUT2D eigenvalue weighted by molar-refractivity contribution is 7.80. The molecule has 3 aromatic rings. The van der Waals surface area contributed by atoms with Gasteiger partial charge < -0.3 is 20.0 Å². The van der Waals surface area contributed by atoms with E-state index in [1.54, 1.807) is 0 Å². The number of alkyl halides is 3. The smallest absolute Gasteiger partial charge is 0.433 e. The van der Waals surface area contributed by atoms with Crippen LogP contribution in [0.2, 0.25) is 0 Å². The summed E-state index contributed by atoms with van der Waals surface area (Å²) in [5, 5.41) is 5.71. The largest absolute Gasteiger partial charge is 0.459 e. The van der Waals surface area contributed by atoms with Crippen LogP contribution in [0.15, 0.2) is 52.9 Å². The Morgan fingerprint density at radius 3 is 2.70 bits per heavy atom. The molecule has 10 heteroatoms. The lowest BCUT2D eigenvalue weighted by molar-refractivity contribution is -0.141. The second-order valence-electron chi connectivity index (χ2n) is 8.07. The SMILES string of the molecule is C[C@@H]1CCCN(c2cc(C(F)(F)F)nc(NC(=S)NCc3ccc(-c4ccccc4)o3)n2)C1. The highest BCUT2D eigenvalue weighted by Gasteiger charge is 2.34. The highest BCUT2D eigenvalue weighted by atomic mass is 32.1. The Hall–Kier alpha value is -3.14. The summed E-state index contributed by atoms with van der Waals surface area (Å²) < 4.78 is 46.1. The van der Waals surface area contributed by atoms with E-state index in [-0.39, 0.29) is 23.4 Å². The molecule has 1 aliphatic rings. The minimum atomic E-state index is -4.59. The van der Waals surface area contributed by atoms with Crippen LogP contribution in [0.4, 0.5) is 24.9 Å². The maximum absolute atomic E-state index is 13.4. The van der Waals surface area contributed by atoms with Gasteiger partial charge in [-0.15, -0.1) is 0 Å². The van der Waals surface area contributed by atoms with E-state index in [1.807, 2.05) is 47.4 Å². The normalized spacial score (nSPS) is 16.5. The van der Waals surface area contributed by atoms with Gasteiger partial charge in [-0.25, -0.2) is 4.98 Å². The van der Waals surface area contributed by atoms with E-state index in [9.17, 15) is 13.2 Å². The van der Waals surface area contributed by atoms with Crippen LogP contribution in [0.25, 0.3) is 11.3 Å². The summed E-state index contributed by atoms with van der Waals surface area (Å²) in [6, 6.07) is 14.3. The van der Waals surface area contributed by atoms with Crippen LogP contribution in [0, 0.1) is 5.92 Å². The van der Waals surface area contributed by atoms with E-state index >= 15 is 0 Å². The molecule has 1 atom stereocenters. The quantitative estimate of drug-likeness (QED) is 0.474. The van der Waals surface area contributed by atoms with Gasteiger partial charge in [-0.05, 0) is 43.1 Å². The van der Waals surface area contributed by atoms with E-state index in [0.717, 1.165) is 24.5 Å². The first kappa shape index (κ1) is 23.0. The van der Waals surface area contributed by atoms with Crippen LogP contribution in [-0.4, -0.2) is 28.2 Å². The van der Waals surface area contributed by atoms with Crippen LogP contribution >= 0.6 is 12.2 Å². The maximum Gasteiger partial charge on any atom is 0.433 e. The third-order valence-electron chi connectivity index (χ3n) is 5.35. The molecule has 0 amide bonds. The number of piperidine rings is 1. The number of halogens is 3. The number of nitrogens with zero attached hydrogens (tertiary/aromatic N) is 3. The first-order valence-corrected chi connectivity index (χ1v) is 11.1. The monoisotopic (exact) mass is 475 g/mol. The molecule has 0 unspecified atom stereocenters. The molecule has 1 saturated heterocycles. The summed E-state index contributed by atoms with van der Waals surface area (Å²) in [7, 11) is 0. The molecular formula is C23H24F3N5OS. The number of rotatable bonds is 5. The van der Waals surface area contributed by atoms with Crippen LogP contribution in [0.1, 0.15) is 31.2 Å². The van der Waals surface area contributed by atoms with Crippen molar-refractivity contribution in [3.05, 3.63) is 60.0 Å². The molecule has 1 aromatic carbocycles. The van der Waals surface area contributed by atoms with Gasteiger partial charge in [0.15, 0.2) is 10.8 Å². The molecule has 4 rings (SSSR count). The summed E-state index contributed by atoms with van der Waals surface area (Å²) in [5.41, 5.74) is -0.0593. The molecule has 3 heterocycles. The van der Waals surface area contributed by atoms with Gasteiger partial charge in [-0.2, -0.15) is 18.2 Å². The van der Waals surface area contributed by atoms with Crippen molar-refractivity contribution in [1.29, 1.82) is 0 Å². The topological polar surface area (TPSA) is 66.2 Å². The van der Waals surface area contributed by atoms with Crippen LogP contribution in [-0.2, 0) is 12.7 Å². The minimum Gasteiger partial charge on any atom is -0.459 e. The Bertz CT molecular complexity index is 1100. The molecular weight excluding hydrogens is 451 g/mol. The molecule has 0 saturated carbocycles. The van der Waals surface area contributed by atoms with Crippen molar-refractivity contribution in [2.75, 3.05) is 23.3 Å². The Balaban J connectivity index is 1.43. The van der Waals surface area contributed by atoms with E-state index in [2.05, 4.69) is 27.5 Å². The van der Waals surface area contributed by atoms with Gasteiger partial charge in [0.05, 0.1) is 6.54 Å². The molecule has 174 valence electrons.